The van der Waals surface area contributed by atoms with Gasteiger partial charge in [0.05, 0.1) is 0 Å². The van der Waals surface area contributed by atoms with Crippen molar-refractivity contribution >= 4 is 11.6 Å². The molecule has 0 saturated heterocycles. The van der Waals surface area contributed by atoms with Gasteiger partial charge in [0.25, 0.3) is 0 Å². The van der Waals surface area contributed by atoms with E-state index >= 15 is 0 Å². The van der Waals surface area contributed by atoms with Crippen LogP contribution in [0.5, 0.6) is 0 Å². The molecular formula is C6H6ClN2Y-. The van der Waals surface area contributed by atoms with Gasteiger partial charge in [0.15, 0.2) is 0 Å². The Balaban J connectivity index is 0.000000810. The van der Waals surface area contributed by atoms with E-state index in [2.05, 4.69) is 16.2 Å². The Labute approximate surface area is 90.3 Å². The van der Waals surface area contributed by atoms with E-state index in [-0.39, 0.29) is 32.7 Å². The SMILES string of the molecule is Cc1n[c-]c(C)c(Cl)n1.[Y]. The monoisotopic (exact) mass is 230 g/mol. The molecule has 0 amide bonds. The number of hydrogen-bond donors (Lipinski definition) is 0. The van der Waals surface area contributed by atoms with Crippen molar-refractivity contribution in [3.05, 3.63) is 22.7 Å². The second-order valence-electron chi connectivity index (χ2n) is 1.80. The van der Waals surface area contributed by atoms with Crippen LogP contribution in [-0.4, -0.2) is 9.97 Å². The van der Waals surface area contributed by atoms with E-state index in [1.54, 1.807) is 6.92 Å². The summed E-state index contributed by atoms with van der Waals surface area (Å²) in [6.45, 7) is 3.60. The van der Waals surface area contributed by atoms with E-state index in [9.17, 15) is 0 Å². The zero-order valence-electron chi connectivity index (χ0n) is 5.85. The van der Waals surface area contributed by atoms with Crippen LogP contribution in [0.3, 0.4) is 0 Å². The van der Waals surface area contributed by atoms with Gasteiger partial charge in [-0.05, 0) is 0 Å². The molecule has 1 heterocycles. The summed E-state index contributed by atoms with van der Waals surface area (Å²) in [6.07, 6.45) is 2.72. The topological polar surface area (TPSA) is 25.8 Å². The Morgan fingerprint density at radius 2 is 2.00 bits per heavy atom. The summed E-state index contributed by atoms with van der Waals surface area (Å²) >= 11 is 5.63. The second kappa shape index (κ2) is 4.37. The molecule has 1 rings (SSSR count). The largest absolute Gasteiger partial charge is 0.373 e. The number of nitrogens with zero attached hydrogens (tertiary/aromatic N) is 2. The van der Waals surface area contributed by atoms with E-state index < -0.39 is 0 Å². The Kier molecular flexibility index (Phi) is 4.58. The van der Waals surface area contributed by atoms with Crippen molar-refractivity contribution in [2.45, 2.75) is 13.8 Å². The maximum Gasteiger partial charge on any atom is 0.0203 e. The van der Waals surface area contributed by atoms with Crippen molar-refractivity contribution in [3.8, 4) is 0 Å². The molecule has 0 fully saturated rings. The van der Waals surface area contributed by atoms with Gasteiger partial charge in [0, 0.05) is 43.7 Å². The van der Waals surface area contributed by atoms with E-state index in [4.69, 9.17) is 11.6 Å². The van der Waals surface area contributed by atoms with Gasteiger partial charge in [-0.2, -0.15) is 0 Å². The van der Waals surface area contributed by atoms with Crippen molar-refractivity contribution in [2.24, 2.45) is 0 Å². The predicted octanol–water partition coefficient (Wildman–Crippen LogP) is 1.54. The first-order valence-corrected chi connectivity index (χ1v) is 2.96. The summed E-state index contributed by atoms with van der Waals surface area (Å²) in [5.41, 5.74) is 0.794. The molecule has 51 valence electrons. The van der Waals surface area contributed by atoms with Crippen LogP contribution in [0.15, 0.2) is 0 Å². The Bertz CT molecular complexity index is 227. The molecule has 0 aliphatic heterocycles. The molecule has 0 unspecified atom stereocenters. The van der Waals surface area contributed by atoms with Gasteiger partial charge in [0.1, 0.15) is 0 Å². The molecule has 0 aliphatic rings. The molecule has 0 saturated carbocycles. The minimum Gasteiger partial charge on any atom is -0.373 e. The van der Waals surface area contributed by atoms with Crippen LogP contribution >= 0.6 is 11.6 Å². The van der Waals surface area contributed by atoms with Crippen LogP contribution in [-0.2, 0) is 32.7 Å². The van der Waals surface area contributed by atoms with Crippen LogP contribution in [0.2, 0.25) is 5.15 Å². The molecule has 2 nitrogen and oxygen atoms in total. The summed E-state index contributed by atoms with van der Waals surface area (Å²) in [4.78, 5) is 7.72. The van der Waals surface area contributed by atoms with Crippen molar-refractivity contribution in [3.63, 3.8) is 0 Å². The molecule has 0 N–H and O–H groups in total. The Hall–Kier alpha value is 0.474. The second-order valence-corrected chi connectivity index (χ2v) is 2.16. The average Bonchev–Trinajstić information content (AvgIpc) is 1.80. The van der Waals surface area contributed by atoms with Crippen LogP contribution in [0.25, 0.3) is 0 Å². The summed E-state index contributed by atoms with van der Waals surface area (Å²) in [5.74, 6) is 0.658. The minimum absolute atomic E-state index is 0. The van der Waals surface area contributed by atoms with E-state index in [1.807, 2.05) is 6.92 Å². The van der Waals surface area contributed by atoms with E-state index in [0.717, 1.165) is 5.56 Å². The fourth-order valence-corrected chi connectivity index (χ4v) is 0.626. The van der Waals surface area contributed by atoms with Gasteiger partial charge in [-0.15, -0.1) is 17.2 Å². The summed E-state index contributed by atoms with van der Waals surface area (Å²) in [5, 5.41) is 0.488. The Morgan fingerprint density at radius 1 is 1.40 bits per heavy atom. The Morgan fingerprint density at radius 3 is 2.40 bits per heavy atom. The van der Waals surface area contributed by atoms with Gasteiger partial charge in [-0.1, -0.05) is 20.0 Å². The summed E-state index contributed by atoms with van der Waals surface area (Å²) in [6, 6.07) is 0. The number of hydrogen-bond acceptors (Lipinski definition) is 2. The molecule has 4 heteroatoms. The fraction of sp³-hybridized carbons (Fsp3) is 0.333. The maximum atomic E-state index is 5.63. The van der Waals surface area contributed by atoms with Crippen LogP contribution in [0, 0.1) is 20.0 Å². The van der Waals surface area contributed by atoms with E-state index in [0.29, 0.717) is 11.0 Å². The third kappa shape index (κ3) is 2.61. The number of aryl methyl sites for hydroxylation is 2. The van der Waals surface area contributed by atoms with E-state index in [1.165, 1.54) is 0 Å². The van der Waals surface area contributed by atoms with Crippen molar-refractivity contribution in [2.75, 3.05) is 0 Å². The molecule has 1 radical (unpaired) electrons. The summed E-state index contributed by atoms with van der Waals surface area (Å²) < 4.78 is 0. The average molecular weight is 230 g/mol. The third-order valence-electron chi connectivity index (χ3n) is 0.955. The molecule has 0 spiro atoms. The van der Waals surface area contributed by atoms with Crippen molar-refractivity contribution in [1.82, 2.24) is 9.97 Å². The number of halogens is 1. The van der Waals surface area contributed by atoms with Gasteiger partial charge < -0.3 is 9.97 Å². The molecule has 10 heavy (non-hydrogen) atoms. The smallest absolute Gasteiger partial charge is 0.0203 e. The van der Waals surface area contributed by atoms with Gasteiger partial charge in [-0.3, -0.25) is 0 Å². The zero-order chi connectivity index (χ0) is 6.85. The normalized spacial score (nSPS) is 8.70. The molecular weight excluding hydrogens is 224 g/mol. The van der Waals surface area contributed by atoms with Crippen molar-refractivity contribution in [1.29, 1.82) is 0 Å². The standard InChI is InChI=1S/C6H6ClN2.Y/c1-4-3-8-5(2)9-6(4)7;/h1-2H3;/q-1;. The van der Waals surface area contributed by atoms with Crippen LogP contribution < -0.4 is 0 Å². The number of aromatic nitrogens is 2. The quantitative estimate of drug-likeness (QED) is 0.499. The van der Waals surface area contributed by atoms with Crippen LogP contribution in [0.4, 0.5) is 0 Å². The number of rotatable bonds is 0. The molecule has 0 aromatic carbocycles. The zero-order valence-corrected chi connectivity index (χ0v) is 9.44. The predicted molar refractivity (Wildman–Crippen MR) is 35.4 cm³/mol. The van der Waals surface area contributed by atoms with Gasteiger partial charge in [-0.25, -0.2) is 0 Å². The molecule has 0 bridgehead atoms. The summed E-state index contributed by atoms with van der Waals surface area (Å²) in [7, 11) is 0. The first-order valence-electron chi connectivity index (χ1n) is 2.58. The first kappa shape index (κ1) is 10.5. The first-order chi connectivity index (χ1) is 4.20. The minimum atomic E-state index is 0. The van der Waals surface area contributed by atoms with Crippen LogP contribution in [0.1, 0.15) is 11.4 Å². The molecule has 0 atom stereocenters. The maximum absolute atomic E-state index is 5.63. The van der Waals surface area contributed by atoms with Crippen molar-refractivity contribution < 1.29 is 32.7 Å². The fourth-order valence-electron chi connectivity index (χ4n) is 0.462. The molecule has 0 aliphatic carbocycles. The molecule has 1 aromatic rings. The molecule has 1 aromatic heterocycles. The van der Waals surface area contributed by atoms with Gasteiger partial charge >= 0.3 is 0 Å². The third-order valence-corrected chi connectivity index (χ3v) is 1.32. The van der Waals surface area contributed by atoms with Gasteiger partial charge in [0.2, 0.25) is 0 Å².